The van der Waals surface area contributed by atoms with E-state index in [4.69, 9.17) is 0 Å². The molecular formula is C10H19NO3S. The Hall–Kier alpha value is -0.130. The molecule has 0 bridgehead atoms. The summed E-state index contributed by atoms with van der Waals surface area (Å²) in [6.07, 6.45) is 0.389. The van der Waals surface area contributed by atoms with E-state index >= 15 is 0 Å². The van der Waals surface area contributed by atoms with Crippen LogP contribution in [0, 0.1) is 5.41 Å². The summed E-state index contributed by atoms with van der Waals surface area (Å²) in [6.45, 7) is 6.17. The predicted molar refractivity (Wildman–Crippen MR) is 58.4 cm³/mol. The molecule has 0 aliphatic carbocycles. The van der Waals surface area contributed by atoms with Crippen molar-refractivity contribution < 1.29 is 13.5 Å². The second kappa shape index (κ2) is 3.43. The SMILES string of the molecule is CC1(C)CCN(C2CS(=O)(=O)CC2O)C1. The third kappa shape index (κ3) is 2.34. The molecule has 0 saturated carbocycles. The molecule has 4 nitrogen and oxygen atoms in total. The first kappa shape index (κ1) is 11.4. The maximum absolute atomic E-state index is 11.4. The molecule has 1 N–H and O–H groups in total. The minimum absolute atomic E-state index is 0.0609. The smallest absolute Gasteiger partial charge is 0.154 e. The second-order valence-corrected chi connectivity index (χ2v) is 7.75. The monoisotopic (exact) mass is 233 g/mol. The van der Waals surface area contributed by atoms with E-state index in [9.17, 15) is 13.5 Å². The van der Waals surface area contributed by atoms with Crippen molar-refractivity contribution in [2.45, 2.75) is 32.4 Å². The van der Waals surface area contributed by atoms with Crippen molar-refractivity contribution in [3.8, 4) is 0 Å². The molecule has 2 aliphatic heterocycles. The number of aliphatic hydroxyl groups excluding tert-OH is 1. The van der Waals surface area contributed by atoms with Gasteiger partial charge in [-0.3, -0.25) is 4.90 Å². The third-order valence-electron chi connectivity index (χ3n) is 3.47. The fraction of sp³-hybridized carbons (Fsp3) is 1.00. The van der Waals surface area contributed by atoms with Gasteiger partial charge in [0.1, 0.15) is 0 Å². The fourth-order valence-corrected chi connectivity index (χ4v) is 4.43. The summed E-state index contributed by atoms with van der Waals surface area (Å²) in [6, 6.07) is -0.170. The zero-order valence-electron chi connectivity index (χ0n) is 9.31. The minimum atomic E-state index is -3.01. The summed E-state index contributed by atoms with van der Waals surface area (Å²) in [5.74, 6) is 0.0683. The number of sulfone groups is 1. The maximum Gasteiger partial charge on any atom is 0.154 e. The lowest BCUT2D eigenvalue weighted by Crippen LogP contribution is -2.42. The van der Waals surface area contributed by atoms with Crippen LogP contribution in [0.1, 0.15) is 20.3 Å². The van der Waals surface area contributed by atoms with Crippen LogP contribution in [0.3, 0.4) is 0 Å². The van der Waals surface area contributed by atoms with Crippen LogP contribution >= 0.6 is 0 Å². The quantitative estimate of drug-likeness (QED) is 0.686. The van der Waals surface area contributed by atoms with E-state index in [-0.39, 0.29) is 23.0 Å². The number of nitrogens with zero attached hydrogens (tertiary/aromatic N) is 1. The first-order valence-electron chi connectivity index (χ1n) is 5.42. The highest BCUT2D eigenvalue weighted by Crippen LogP contribution is 2.32. The molecule has 0 amide bonds. The lowest BCUT2D eigenvalue weighted by Gasteiger charge is -2.26. The number of hydrogen-bond acceptors (Lipinski definition) is 4. The topological polar surface area (TPSA) is 57.6 Å². The molecule has 2 heterocycles. The number of hydrogen-bond donors (Lipinski definition) is 1. The molecule has 0 radical (unpaired) electrons. The van der Waals surface area contributed by atoms with E-state index in [1.165, 1.54) is 0 Å². The Bertz CT molecular complexity index is 350. The Kier molecular flexibility index (Phi) is 2.60. The van der Waals surface area contributed by atoms with Gasteiger partial charge in [0.05, 0.1) is 23.7 Å². The molecule has 2 rings (SSSR count). The van der Waals surface area contributed by atoms with Crippen LogP contribution < -0.4 is 0 Å². The van der Waals surface area contributed by atoms with Gasteiger partial charge in [-0.15, -0.1) is 0 Å². The number of aliphatic hydroxyl groups is 1. The van der Waals surface area contributed by atoms with Crippen molar-refractivity contribution in [1.82, 2.24) is 4.90 Å². The molecule has 2 fully saturated rings. The molecule has 2 aliphatic rings. The van der Waals surface area contributed by atoms with Gasteiger partial charge < -0.3 is 5.11 Å². The van der Waals surface area contributed by atoms with E-state index in [1.54, 1.807) is 0 Å². The van der Waals surface area contributed by atoms with Crippen LogP contribution in [-0.2, 0) is 9.84 Å². The Balaban J connectivity index is 2.07. The first-order chi connectivity index (χ1) is 6.79. The minimum Gasteiger partial charge on any atom is -0.390 e. The van der Waals surface area contributed by atoms with Crippen molar-refractivity contribution in [3.63, 3.8) is 0 Å². The Morgan fingerprint density at radius 1 is 1.33 bits per heavy atom. The van der Waals surface area contributed by atoms with Crippen molar-refractivity contribution in [3.05, 3.63) is 0 Å². The lowest BCUT2D eigenvalue weighted by atomic mass is 9.93. The van der Waals surface area contributed by atoms with E-state index in [0.717, 1.165) is 19.5 Å². The van der Waals surface area contributed by atoms with Crippen molar-refractivity contribution in [2.24, 2.45) is 5.41 Å². The van der Waals surface area contributed by atoms with Crippen LogP contribution in [0.5, 0.6) is 0 Å². The van der Waals surface area contributed by atoms with E-state index in [0.29, 0.717) is 0 Å². The van der Waals surface area contributed by atoms with Gasteiger partial charge in [-0.2, -0.15) is 0 Å². The Labute approximate surface area is 91.2 Å². The van der Waals surface area contributed by atoms with Crippen LogP contribution in [0.25, 0.3) is 0 Å². The van der Waals surface area contributed by atoms with Gasteiger partial charge in [0, 0.05) is 6.54 Å². The molecule has 0 aromatic heterocycles. The van der Waals surface area contributed by atoms with Gasteiger partial charge in [-0.05, 0) is 18.4 Å². The number of likely N-dealkylation sites (tertiary alicyclic amines) is 1. The summed E-state index contributed by atoms with van der Waals surface area (Å²) in [4.78, 5) is 2.13. The highest BCUT2D eigenvalue weighted by molar-refractivity contribution is 7.91. The third-order valence-corrected chi connectivity index (χ3v) is 5.17. The summed E-state index contributed by atoms with van der Waals surface area (Å²) in [7, 11) is -3.01. The number of rotatable bonds is 1. The lowest BCUT2D eigenvalue weighted by molar-refractivity contribution is 0.0926. The van der Waals surface area contributed by atoms with E-state index in [1.807, 2.05) is 0 Å². The van der Waals surface area contributed by atoms with Gasteiger partial charge >= 0.3 is 0 Å². The van der Waals surface area contributed by atoms with Crippen LogP contribution in [0.4, 0.5) is 0 Å². The molecule has 2 unspecified atom stereocenters. The zero-order valence-corrected chi connectivity index (χ0v) is 10.1. The van der Waals surface area contributed by atoms with Crippen LogP contribution in [-0.4, -0.2) is 55.2 Å². The normalized spacial score (nSPS) is 39.7. The van der Waals surface area contributed by atoms with Crippen LogP contribution in [0.2, 0.25) is 0 Å². The second-order valence-electron chi connectivity index (χ2n) is 5.60. The molecule has 2 atom stereocenters. The molecule has 0 aromatic carbocycles. The summed E-state index contributed by atoms with van der Waals surface area (Å²) >= 11 is 0. The Morgan fingerprint density at radius 2 is 2.00 bits per heavy atom. The fourth-order valence-electron chi connectivity index (χ4n) is 2.60. The van der Waals surface area contributed by atoms with E-state index < -0.39 is 15.9 Å². The Morgan fingerprint density at radius 3 is 2.40 bits per heavy atom. The average Bonchev–Trinajstić information content (AvgIpc) is 2.51. The molecule has 0 spiro atoms. The zero-order chi connectivity index (χ0) is 11.3. The highest BCUT2D eigenvalue weighted by Gasteiger charge is 2.43. The average molecular weight is 233 g/mol. The van der Waals surface area contributed by atoms with Gasteiger partial charge in [0.25, 0.3) is 0 Å². The maximum atomic E-state index is 11.4. The standard InChI is InChI=1S/C10H19NO3S/c1-10(2)3-4-11(7-10)8-5-15(13,14)6-9(8)12/h8-9,12H,3-7H2,1-2H3. The van der Waals surface area contributed by atoms with E-state index in [2.05, 4.69) is 18.7 Å². The highest BCUT2D eigenvalue weighted by atomic mass is 32.2. The summed E-state index contributed by atoms with van der Waals surface area (Å²) < 4.78 is 22.8. The van der Waals surface area contributed by atoms with Crippen LogP contribution in [0.15, 0.2) is 0 Å². The molecule has 5 heteroatoms. The largest absolute Gasteiger partial charge is 0.390 e. The van der Waals surface area contributed by atoms with Gasteiger partial charge in [-0.1, -0.05) is 13.8 Å². The van der Waals surface area contributed by atoms with Gasteiger partial charge in [0.2, 0.25) is 0 Å². The predicted octanol–water partition coefficient (Wildman–Crippen LogP) is -0.124. The molecule has 15 heavy (non-hydrogen) atoms. The van der Waals surface area contributed by atoms with Gasteiger partial charge in [-0.25, -0.2) is 8.42 Å². The summed E-state index contributed by atoms with van der Waals surface area (Å²) in [5, 5.41) is 9.73. The van der Waals surface area contributed by atoms with Crippen molar-refractivity contribution in [1.29, 1.82) is 0 Å². The first-order valence-corrected chi connectivity index (χ1v) is 7.24. The van der Waals surface area contributed by atoms with Gasteiger partial charge in [0.15, 0.2) is 9.84 Å². The molecular weight excluding hydrogens is 214 g/mol. The van der Waals surface area contributed by atoms with Crippen molar-refractivity contribution in [2.75, 3.05) is 24.6 Å². The molecule has 2 saturated heterocycles. The van der Waals surface area contributed by atoms with Crippen molar-refractivity contribution >= 4 is 9.84 Å². The summed E-state index contributed by atoms with van der Waals surface area (Å²) in [5.41, 5.74) is 0.256. The molecule has 88 valence electrons. The molecule has 0 aromatic rings.